The molecule has 0 amide bonds. The summed E-state index contributed by atoms with van der Waals surface area (Å²) < 4.78 is 13.9. The zero-order valence-electron chi connectivity index (χ0n) is 15.6. The summed E-state index contributed by atoms with van der Waals surface area (Å²) in [5.74, 6) is -0.214. The highest BCUT2D eigenvalue weighted by Gasteiger charge is 2.21. The molecule has 0 unspecified atom stereocenters. The normalized spacial score (nSPS) is 13.5. The molecule has 5 rings (SSSR count). The minimum Gasteiger partial charge on any atom is -0.346 e. The molecule has 138 valence electrons. The molecule has 0 radical (unpaired) electrons. The van der Waals surface area contributed by atoms with Gasteiger partial charge in [0.05, 0.1) is 0 Å². The Kier molecular flexibility index (Phi) is 3.97. The summed E-state index contributed by atoms with van der Waals surface area (Å²) in [5, 5.41) is 1.10. The van der Waals surface area contributed by atoms with Gasteiger partial charge in [-0.1, -0.05) is 31.2 Å². The van der Waals surface area contributed by atoms with E-state index in [4.69, 9.17) is 0 Å². The van der Waals surface area contributed by atoms with Crippen molar-refractivity contribution in [3.63, 3.8) is 0 Å². The van der Waals surface area contributed by atoms with E-state index in [1.807, 2.05) is 24.5 Å². The highest BCUT2D eigenvalue weighted by atomic mass is 19.1. The van der Waals surface area contributed by atoms with Gasteiger partial charge < -0.3 is 9.88 Å². The number of anilines is 1. The maximum Gasteiger partial charge on any atom is 0.137 e. The fourth-order valence-electron chi connectivity index (χ4n) is 3.99. The molecule has 0 saturated carbocycles. The Morgan fingerprint density at radius 2 is 2.00 bits per heavy atom. The predicted octanol–water partition coefficient (Wildman–Crippen LogP) is 6.14. The van der Waals surface area contributed by atoms with Crippen LogP contribution in [0.25, 0.3) is 28.2 Å². The van der Waals surface area contributed by atoms with E-state index >= 15 is 0 Å². The van der Waals surface area contributed by atoms with Crippen LogP contribution in [-0.4, -0.2) is 9.97 Å². The first-order valence-corrected chi connectivity index (χ1v) is 9.52. The molecule has 1 aliphatic rings. The molecule has 2 aromatic carbocycles. The van der Waals surface area contributed by atoms with Crippen molar-refractivity contribution in [3.05, 3.63) is 89.6 Å². The van der Waals surface area contributed by atoms with Crippen LogP contribution in [0.1, 0.15) is 24.5 Å². The van der Waals surface area contributed by atoms with E-state index in [9.17, 15) is 4.39 Å². The standard InChI is InChI=1S/C24H20FN3/c1-2-20-12-16-5-3-8-22(18-11-17-9-10-26-24(17)27-14-18)23(16)15-28(20)21-7-4-6-19(25)13-21/h3-14H,2,15H2,1H3,(H,26,27). The van der Waals surface area contributed by atoms with Gasteiger partial charge in [0, 0.05) is 41.3 Å². The number of hydrogen-bond donors (Lipinski definition) is 1. The molecule has 1 aliphatic heterocycles. The van der Waals surface area contributed by atoms with Crippen molar-refractivity contribution in [2.24, 2.45) is 0 Å². The average molecular weight is 369 g/mol. The zero-order valence-corrected chi connectivity index (χ0v) is 15.6. The molecular weight excluding hydrogens is 349 g/mol. The molecule has 3 nitrogen and oxygen atoms in total. The smallest absolute Gasteiger partial charge is 0.137 e. The van der Waals surface area contributed by atoms with Gasteiger partial charge in [-0.25, -0.2) is 9.37 Å². The Balaban J connectivity index is 1.64. The fourth-order valence-corrected chi connectivity index (χ4v) is 3.99. The van der Waals surface area contributed by atoms with Gasteiger partial charge in [-0.3, -0.25) is 0 Å². The minimum absolute atomic E-state index is 0.214. The first-order valence-electron chi connectivity index (χ1n) is 9.52. The number of nitrogens with zero attached hydrogens (tertiary/aromatic N) is 2. The van der Waals surface area contributed by atoms with E-state index in [-0.39, 0.29) is 5.82 Å². The lowest BCUT2D eigenvalue weighted by molar-refractivity contribution is 0.627. The molecule has 0 saturated heterocycles. The van der Waals surface area contributed by atoms with E-state index in [2.05, 4.69) is 52.1 Å². The minimum atomic E-state index is -0.214. The molecule has 2 aromatic heterocycles. The van der Waals surface area contributed by atoms with Crippen LogP contribution >= 0.6 is 0 Å². The van der Waals surface area contributed by atoms with Crippen LogP contribution in [0.15, 0.2) is 72.7 Å². The van der Waals surface area contributed by atoms with Gasteiger partial charge in [0.25, 0.3) is 0 Å². The molecule has 0 aliphatic carbocycles. The first-order chi connectivity index (χ1) is 13.7. The van der Waals surface area contributed by atoms with Gasteiger partial charge in [0.1, 0.15) is 11.5 Å². The Morgan fingerprint density at radius 3 is 2.86 bits per heavy atom. The summed E-state index contributed by atoms with van der Waals surface area (Å²) in [6.45, 7) is 2.84. The molecule has 0 spiro atoms. The first kappa shape index (κ1) is 16.8. The summed E-state index contributed by atoms with van der Waals surface area (Å²) in [5.41, 5.74) is 7.68. The van der Waals surface area contributed by atoms with E-state index < -0.39 is 0 Å². The number of nitrogens with one attached hydrogen (secondary N) is 1. The average Bonchev–Trinajstić information content (AvgIpc) is 3.20. The number of rotatable bonds is 3. The van der Waals surface area contributed by atoms with Gasteiger partial charge in [-0.2, -0.15) is 0 Å². The SMILES string of the molecule is CCC1=Cc2cccc(-c3cnc4[nH]ccc4c3)c2CN1c1cccc(F)c1. The number of fused-ring (bicyclic) bond motifs is 2. The highest BCUT2D eigenvalue weighted by Crippen LogP contribution is 2.36. The van der Waals surface area contributed by atoms with Crippen LogP contribution in [0.5, 0.6) is 0 Å². The van der Waals surface area contributed by atoms with Crippen molar-refractivity contribution in [1.82, 2.24) is 9.97 Å². The van der Waals surface area contributed by atoms with E-state index in [0.717, 1.165) is 28.7 Å². The van der Waals surface area contributed by atoms with Gasteiger partial charge in [-0.05, 0) is 59.5 Å². The zero-order chi connectivity index (χ0) is 19.1. The largest absolute Gasteiger partial charge is 0.346 e. The topological polar surface area (TPSA) is 31.9 Å². The van der Waals surface area contributed by atoms with Crippen LogP contribution in [0.2, 0.25) is 0 Å². The Hall–Kier alpha value is -3.40. The fraction of sp³-hybridized carbons (Fsp3) is 0.125. The predicted molar refractivity (Wildman–Crippen MR) is 112 cm³/mol. The molecule has 3 heterocycles. The third-order valence-corrected chi connectivity index (χ3v) is 5.39. The van der Waals surface area contributed by atoms with Crippen LogP contribution < -0.4 is 4.90 Å². The third kappa shape index (κ3) is 2.78. The lowest BCUT2D eigenvalue weighted by Crippen LogP contribution is -2.25. The van der Waals surface area contributed by atoms with Crippen LogP contribution in [0, 0.1) is 5.82 Å². The molecule has 28 heavy (non-hydrogen) atoms. The number of hydrogen-bond acceptors (Lipinski definition) is 2. The van der Waals surface area contributed by atoms with Gasteiger partial charge in [0.2, 0.25) is 0 Å². The number of halogens is 1. The number of aromatic amines is 1. The summed E-state index contributed by atoms with van der Waals surface area (Å²) in [7, 11) is 0. The maximum atomic E-state index is 13.9. The Labute approximate surface area is 163 Å². The summed E-state index contributed by atoms with van der Waals surface area (Å²) in [6, 6.07) is 17.4. The quantitative estimate of drug-likeness (QED) is 0.470. The van der Waals surface area contributed by atoms with Gasteiger partial charge in [-0.15, -0.1) is 0 Å². The molecule has 0 atom stereocenters. The molecule has 0 bridgehead atoms. The molecule has 4 heteroatoms. The monoisotopic (exact) mass is 369 g/mol. The number of pyridine rings is 1. The van der Waals surface area contributed by atoms with Crippen LogP contribution in [-0.2, 0) is 6.54 Å². The second-order valence-electron chi connectivity index (χ2n) is 7.07. The second-order valence-corrected chi connectivity index (χ2v) is 7.07. The molecule has 4 aromatic rings. The third-order valence-electron chi connectivity index (χ3n) is 5.39. The molecule has 1 N–H and O–H groups in total. The second kappa shape index (κ2) is 6.64. The summed E-state index contributed by atoms with van der Waals surface area (Å²) >= 11 is 0. The lowest BCUT2D eigenvalue weighted by atomic mass is 9.92. The summed E-state index contributed by atoms with van der Waals surface area (Å²) in [4.78, 5) is 9.90. The number of benzene rings is 2. The van der Waals surface area contributed by atoms with Crippen molar-refractivity contribution in [1.29, 1.82) is 0 Å². The van der Waals surface area contributed by atoms with Crippen LogP contribution in [0.3, 0.4) is 0 Å². The van der Waals surface area contributed by atoms with Crippen LogP contribution in [0.4, 0.5) is 10.1 Å². The lowest BCUT2D eigenvalue weighted by Gasteiger charge is -2.33. The van der Waals surface area contributed by atoms with Crippen molar-refractivity contribution >= 4 is 22.8 Å². The summed E-state index contributed by atoms with van der Waals surface area (Å²) in [6.07, 6.45) is 6.93. The van der Waals surface area contributed by atoms with Gasteiger partial charge >= 0.3 is 0 Å². The number of H-pyrrole nitrogens is 1. The Morgan fingerprint density at radius 1 is 1.11 bits per heavy atom. The maximum absolute atomic E-state index is 13.9. The Bertz CT molecular complexity index is 1210. The van der Waals surface area contributed by atoms with E-state index in [0.29, 0.717) is 6.54 Å². The van der Waals surface area contributed by atoms with Crippen molar-refractivity contribution < 1.29 is 4.39 Å². The number of aromatic nitrogens is 2. The van der Waals surface area contributed by atoms with E-state index in [1.165, 1.54) is 28.5 Å². The van der Waals surface area contributed by atoms with Crippen molar-refractivity contribution in [2.75, 3.05) is 4.90 Å². The van der Waals surface area contributed by atoms with Gasteiger partial charge in [0.15, 0.2) is 0 Å². The molecular formula is C24H20FN3. The van der Waals surface area contributed by atoms with E-state index in [1.54, 1.807) is 12.1 Å². The number of allylic oxidation sites excluding steroid dienone is 1. The van der Waals surface area contributed by atoms with Crippen molar-refractivity contribution in [3.8, 4) is 11.1 Å². The molecule has 0 fully saturated rings. The highest BCUT2D eigenvalue weighted by molar-refractivity contribution is 5.84. The van der Waals surface area contributed by atoms with Crippen molar-refractivity contribution in [2.45, 2.75) is 19.9 Å².